The van der Waals surface area contributed by atoms with Gasteiger partial charge in [-0.15, -0.1) is 0 Å². The van der Waals surface area contributed by atoms with Gasteiger partial charge < -0.3 is 10.1 Å². The topological polar surface area (TPSA) is 38.3 Å². The van der Waals surface area contributed by atoms with Gasteiger partial charge in [0, 0.05) is 26.7 Å². The molecule has 0 aromatic heterocycles. The third-order valence-electron chi connectivity index (χ3n) is 4.60. The SMILES string of the molecule is CCCCCCCCCCCCCCCC(=O)NCCCCOC. The summed E-state index contributed by atoms with van der Waals surface area (Å²) in [6.07, 6.45) is 20.3. The van der Waals surface area contributed by atoms with E-state index in [1.165, 1.54) is 77.0 Å². The lowest BCUT2D eigenvalue weighted by Crippen LogP contribution is -2.24. The van der Waals surface area contributed by atoms with Crippen molar-refractivity contribution < 1.29 is 9.53 Å². The zero-order chi connectivity index (χ0) is 17.7. The monoisotopic (exact) mass is 341 g/mol. The number of methoxy groups -OCH3 is 1. The Kier molecular flexibility index (Phi) is 20.0. The van der Waals surface area contributed by atoms with Gasteiger partial charge in [-0.25, -0.2) is 0 Å². The van der Waals surface area contributed by atoms with Crippen molar-refractivity contribution in [2.45, 2.75) is 110 Å². The van der Waals surface area contributed by atoms with E-state index >= 15 is 0 Å². The van der Waals surface area contributed by atoms with E-state index in [2.05, 4.69) is 12.2 Å². The number of hydrogen-bond acceptors (Lipinski definition) is 2. The predicted octanol–water partition coefficient (Wildman–Crippen LogP) is 6.01. The molecule has 0 saturated heterocycles. The fourth-order valence-electron chi connectivity index (χ4n) is 2.99. The number of rotatable bonds is 19. The van der Waals surface area contributed by atoms with Gasteiger partial charge in [0.1, 0.15) is 0 Å². The maximum Gasteiger partial charge on any atom is 0.219 e. The van der Waals surface area contributed by atoms with Crippen molar-refractivity contribution in [2.75, 3.05) is 20.3 Å². The Morgan fingerprint density at radius 1 is 0.708 bits per heavy atom. The number of ether oxygens (including phenoxy) is 1. The van der Waals surface area contributed by atoms with Crippen LogP contribution in [0.3, 0.4) is 0 Å². The highest BCUT2D eigenvalue weighted by Gasteiger charge is 2.00. The van der Waals surface area contributed by atoms with Gasteiger partial charge in [0.15, 0.2) is 0 Å². The quantitative estimate of drug-likeness (QED) is 0.292. The minimum absolute atomic E-state index is 0.218. The molecule has 0 aromatic rings. The van der Waals surface area contributed by atoms with Crippen LogP contribution < -0.4 is 5.32 Å². The summed E-state index contributed by atoms with van der Waals surface area (Å²) >= 11 is 0. The van der Waals surface area contributed by atoms with Crippen LogP contribution in [-0.2, 0) is 9.53 Å². The molecular weight excluding hydrogens is 298 g/mol. The predicted molar refractivity (Wildman–Crippen MR) is 104 cm³/mol. The summed E-state index contributed by atoms with van der Waals surface area (Å²) in [6, 6.07) is 0. The molecule has 144 valence electrons. The van der Waals surface area contributed by atoms with E-state index in [1.54, 1.807) is 7.11 Å². The van der Waals surface area contributed by atoms with Crippen molar-refractivity contribution in [1.29, 1.82) is 0 Å². The molecule has 3 heteroatoms. The lowest BCUT2D eigenvalue weighted by molar-refractivity contribution is -0.121. The molecule has 0 unspecified atom stereocenters. The van der Waals surface area contributed by atoms with E-state index in [0.717, 1.165) is 32.4 Å². The Hall–Kier alpha value is -0.570. The Labute approximate surface area is 151 Å². The van der Waals surface area contributed by atoms with Crippen molar-refractivity contribution in [2.24, 2.45) is 0 Å². The zero-order valence-electron chi connectivity index (χ0n) is 16.5. The minimum atomic E-state index is 0.218. The van der Waals surface area contributed by atoms with Gasteiger partial charge in [-0.05, 0) is 19.3 Å². The lowest BCUT2D eigenvalue weighted by Gasteiger charge is -2.05. The molecule has 0 aliphatic heterocycles. The summed E-state index contributed by atoms with van der Waals surface area (Å²) in [6.45, 7) is 3.85. The van der Waals surface area contributed by atoms with Gasteiger partial charge in [0.2, 0.25) is 5.91 Å². The second-order valence-corrected chi connectivity index (χ2v) is 7.04. The summed E-state index contributed by atoms with van der Waals surface area (Å²) in [5.41, 5.74) is 0. The van der Waals surface area contributed by atoms with Crippen LogP contribution in [0.15, 0.2) is 0 Å². The smallest absolute Gasteiger partial charge is 0.219 e. The van der Waals surface area contributed by atoms with Crippen LogP contribution in [-0.4, -0.2) is 26.2 Å². The largest absolute Gasteiger partial charge is 0.385 e. The van der Waals surface area contributed by atoms with Crippen LogP contribution in [0, 0.1) is 0 Å². The first kappa shape index (κ1) is 23.4. The van der Waals surface area contributed by atoms with Gasteiger partial charge in [-0.1, -0.05) is 84.0 Å². The van der Waals surface area contributed by atoms with Gasteiger partial charge in [0.25, 0.3) is 0 Å². The summed E-state index contributed by atoms with van der Waals surface area (Å²) in [5.74, 6) is 0.218. The molecular formula is C21H43NO2. The lowest BCUT2D eigenvalue weighted by atomic mass is 10.0. The molecule has 0 aliphatic rings. The first-order valence-corrected chi connectivity index (χ1v) is 10.6. The van der Waals surface area contributed by atoms with E-state index in [0.29, 0.717) is 6.42 Å². The average molecular weight is 342 g/mol. The molecule has 1 N–H and O–H groups in total. The van der Waals surface area contributed by atoms with Crippen molar-refractivity contribution in [3.63, 3.8) is 0 Å². The van der Waals surface area contributed by atoms with Crippen LogP contribution in [0.4, 0.5) is 0 Å². The molecule has 1 amide bonds. The van der Waals surface area contributed by atoms with E-state index in [1.807, 2.05) is 0 Å². The number of unbranched alkanes of at least 4 members (excludes halogenated alkanes) is 13. The van der Waals surface area contributed by atoms with E-state index in [-0.39, 0.29) is 5.91 Å². The van der Waals surface area contributed by atoms with Gasteiger partial charge in [-0.2, -0.15) is 0 Å². The molecule has 0 saturated carbocycles. The molecule has 0 spiro atoms. The molecule has 3 nitrogen and oxygen atoms in total. The van der Waals surface area contributed by atoms with E-state index in [4.69, 9.17) is 4.74 Å². The van der Waals surface area contributed by atoms with E-state index < -0.39 is 0 Å². The van der Waals surface area contributed by atoms with Crippen LogP contribution in [0.5, 0.6) is 0 Å². The van der Waals surface area contributed by atoms with Crippen LogP contribution in [0.2, 0.25) is 0 Å². The summed E-state index contributed by atoms with van der Waals surface area (Å²) in [7, 11) is 1.72. The molecule has 0 atom stereocenters. The fraction of sp³-hybridized carbons (Fsp3) is 0.952. The second kappa shape index (κ2) is 20.5. The normalized spacial score (nSPS) is 10.9. The second-order valence-electron chi connectivity index (χ2n) is 7.04. The van der Waals surface area contributed by atoms with E-state index in [9.17, 15) is 4.79 Å². The van der Waals surface area contributed by atoms with Gasteiger partial charge in [-0.3, -0.25) is 4.79 Å². The molecule has 0 bridgehead atoms. The van der Waals surface area contributed by atoms with Crippen molar-refractivity contribution in [1.82, 2.24) is 5.32 Å². The average Bonchev–Trinajstić information content (AvgIpc) is 2.59. The third kappa shape index (κ3) is 19.5. The zero-order valence-corrected chi connectivity index (χ0v) is 16.5. The summed E-state index contributed by atoms with van der Waals surface area (Å²) in [4.78, 5) is 11.6. The first-order valence-electron chi connectivity index (χ1n) is 10.6. The Balaban J connectivity index is 3.10. The molecule has 0 heterocycles. The van der Waals surface area contributed by atoms with Crippen molar-refractivity contribution in [3.05, 3.63) is 0 Å². The highest BCUT2D eigenvalue weighted by molar-refractivity contribution is 5.75. The maximum atomic E-state index is 11.6. The van der Waals surface area contributed by atoms with Gasteiger partial charge in [0.05, 0.1) is 0 Å². The Morgan fingerprint density at radius 2 is 1.21 bits per heavy atom. The minimum Gasteiger partial charge on any atom is -0.385 e. The number of hydrogen-bond donors (Lipinski definition) is 1. The molecule has 0 rings (SSSR count). The summed E-state index contributed by atoms with van der Waals surface area (Å²) in [5, 5.41) is 2.99. The van der Waals surface area contributed by atoms with Crippen molar-refractivity contribution >= 4 is 5.91 Å². The fourth-order valence-corrected chi connectivity index (χ4v) is 2.99. The molecule has 24 heavy (non-hydrogen) atoms. The standard InChI is InChI=1S/C21H43NO2/c1-3-4-5-6-7-8-9-10-11-12-13-14-15-18-21(23)22-19-16-17-20-24-2/h3-20H2,1-2H3,(H,22,23). The molecule has 0 aliphatic carbocycles. The molecule has 0 fully saturated rings. The number of amides is 1. The summed E-state index contributed by atoms with van der Waals surface area (Å²) < 4.78 is 4.99. The maximum absolute atomic E-state index is 11.6. The highest BCUT2D eigenvalue weighted by Crippen LogP contribution is 2.12. The number of carbonyl (C=O) groups is 1. The molecule has 0 radical (unpaired) electrons. The van der Waals surface area contributed by atoms with Crippen LogP contribution in [0.1, 0.15) is 110 Å². The molecule has 0 aromatic carbocycles. The highest BCUT2D eigenvalue weighted by atomic mass is 16.5. The Morgan fingerprint density at radius 3 is 1.71 bits per heavy atom. The number of carbonyl (C=O) groups excluding carboxylic acids is 1. The van der Waals surface area contributed by atoms with Crippen molar-refractivity contribution in [3.8, 4) is 0 Å². The van der Waals surface area contributed by atoms with Gasteiger partial charge >= 0.3 is 0 Å². The third-order valence-corrected chi connectivity index (χ3v) is 4.60. The number of nitrogens with one attached hydrogen (secondary N) is 1. The van der Waals surface area contributed by atoms with Crippen LogP contribution >= 0.6 is 0 Å². The Bertz CT molecular complexity index is 256. The first-order chi connectivity index (χ1) is 11.8. The van der Waals surface area contributed by atoms with Crippen LogP contribution in [0.25, 0.3) is 0 Å².